The first-order chi connectivity index (χ1) is 12.2. The number of nitrogens with two attached hydrogens (primary N) is 1. The second kappa shape index (κ2) is 19.3. The second-order valence-electron chi connectivity index (χ2n) is 5.66. The largest absolute Gasteiger partial charge is 0.450 e. The van der Waals surface area contributed by atoms with Gasteiger partial charge in [0.2, 0.25) is 5.91 Å². The average molecular weight is 381 g/mol. The van der Waals surface area contributed by atoms with Crippen molar-refractivity contribution in [1.29, 1.82) is 0 Å². The fourth-order valence-corrected chi connectivity index (χ4v) is 2.25. The fourth-order valence-electron chi connectivity index (χ4n) is 2.06. The van der Waals surface area contributed by atoms with Crippen LogP contribution in [0, 0.1) is 0 Å². The standard InChI is InChI=1S/C17H33ClN2O5/c18-9-5-1-2-6-11-23-14-15-24-13-10-20-16(21)8-4-3-7-12-25-17(19)22/h1-15H2,(H2,19,22)(H,20,21). The molecule has 7 nitrogen and oxygen atoms in total. The van der Waals surface area contributed by atoms with E-state index in [2.05, 4.69) is 10.1 Å². The van der Waals surface area contributed by atoms with Gasteiger partial charge in [-0.25, -0.2) is 4.79 Å². The maximum atomic E-state index is 11.6. The Hall–Kier alpha value is -1.05. The van der Waals surface area contributed by atoms with Crippen LogP contribution in [0.1, 0.15) is 51.4 Å². The number of hydrogen-bond acceptors (Lipinski definition) is 5. The molecule has 0 spiro atoms. The van der Waals surface area contributed by atoms with Gasteiger partial charge in [0, 0.05) is 25.5 Å². The summed E-state index contributed by atoms with van der Waals surface area (Å²) in [5.41, 5.74) is 4.84. The summed E-state index contributed by atoms with van der Waals surface area (Å²) in [5.74, 6) is 0.740. The highest BCUT2D eigenvalue weighted by atomic mass is 35.5. The summed E-state index contributed by atoms with van der Waals surface area (Å²) in [6.45, 7) is 3.17. The number of hydrogen-bond donors (Lipinski definition) is 2. The van der Waals surface area contributed by atoms with Crippen molar-refractivity contribution in [2.75, 3.05) is 45.5 Å². The molecule has 0 radical (unpaired) electrons. The molecule has 3 N–H and O–H groups in total. The molecule has 2 amide bonds. The third-order valence-corrected chi connectivity index (χ3v) is 3.67. The Balaban J connectivity index is 3.16. The van der Waals surface area contributed by atoms with Gasteiger partial charge in [0.15, 0.2) is 0 Å². The predicted octanol–water partition coefficient (Wildman–Crippen LogP) is 2.59. The van der Waals surface area contributed by atoms with E-state index in [1.165, 1.54) is 0 Å². The Morgan fingerprint density at radius 2 is 1.44 bits per heavy atom. The quantitative estimate of drug-likeness (QED) is 0.281. The summed E-state index contributed by atoms with van der Waals surface area (Å²) in [7, 11) is 0. The van der Waals surface area contributed by atoms with Gasteiger partial charge in [-0.1, -0.05) is 12.8 Å². The highest BCUT2D eigenvalue weighted by Gasteiger charge is 2.01. The van der Waals surface area contributed by atoms with Crippen LogP contribution in [0.3, 0.4) is 0 Å². The molecule has 0 aromatic heterocycles. The van der Waals surface area contributed by atoms with E-state index in [-0.39, 0.29) is 5.91 Å². The van der Waals surface area contributed by atoms with Gasteiger partial charge in [0.1, 0.15) is 0 Å². The number of unbranched alkanes of at least 4 members (excludes halogenated alkanes) is 5. The van der Waals surface area contributed by atoms with E-state index < -0.39 is 6.09 Å². The number of alkyl halides is 1. The number of ether oxygens (including phenoxy) is 3. The maximum Gasteiger partial charge on any atom is 0.404 e. The van der Waals surface area contributed by atoms with Crippen LogP contribution in [0.15, 0.2) is 0 Å². The third-order valence-electron chi connectivity index (χ3n) is 3.41. The summed E-state index contributed by atoms with van der Waals surface area (Å²) >= 11 is 5.60. The molecule has 0 saturated heterocycles. The number of nitrogens with one attached hydrogen (secondary N) is 1. The van der Waals surface area contributed by atoms with Gasteiger partial charge < -0.3 is 25.3 Å². The lowest BCUT2D eigenvalue weighted by Gasteiger charge is -2.07. The number of rotatable bonds is 18. The molecule has 0 atom stereocenters. The molecule has 0 rings (SSSR count). The summed E-state index contributed by atoms with van der Waals surface area (Å²) in [5, 5.41) is 2.80. The molecule has 0 aromatic rings. The van der Waals surface area contributed by atoms with Crippen LogP contribution < -0.4 is 11.1 Å². The molecule has 0 aliphatic heterocycles. The molecule has 0 aromatic carbocycles. The smallest absolute Gasteiger partial charge is 0.404 e. The van der Waals surface area contributed by atoms with Crippen LogP contribution in [-0.4, -0.2) is 57.5 Å². The normalized spacial score (nSPS) is 10.6. The zero-order valence-electron chi connectivity index (χ0n) is 15.1. The minimum Gasteiger partial charge on any atom is -0.450 e. The number of amides is 2. The molecule has 0 aliphatic rings. The molecule has 0 saturated carbocycles. The Morgan fingerprint density at radius 1 is 0.800 bits per heavy atom. The second-order valence-corrected chi connectivity index (χ2v) is 6.03. The Kier molecular flexibility index (Phi) is 18.5. The minimum absolute atomic E-state index is 0.00705. The SMILES string of the molecule is NC(=O)OCCCCCC(=O)NCCOCCOCCCCCCCl. The van der Waals surface area contributed by atoms with Gasteiger partial charge in [-0.05, 0) is 32.1 Å². The Morgan fingerprint density at radius 3 is 2.16 bits per heavy atom. The molecule has 8 heteroatoms. The van der Waals surface area contributed by atoms with Crippen molar-refractivity contribution in [3.63, 3.8) is 0 Å². The lowest BCUT2D eigenvalue weighted by molar-refractivity contribution is -0.121. The van der Waals surface area contributed by atoms with Gasteiger partial charge in [-0.3, -0.25) is 4.79 Å². The van der Waals surface area contributed by atoms with Gasteiger partial charge in [-0.15, -0.1) is 11.6 Å². The minimum atomic E-state index is -0.759. The number of primary amides is 1. The van der Waals surface area contributed by atoms with E-state index in [0.29, 0.717) is 45.8 Å². The topological polar surface area (TPSA) is 99.9 Å². The third kappa shape index (κ3) is 20.9. The molecule has 0 bridgehead atoms. The van der Waals surface area contributed by atoms with Crippen LogP contribution in [0.2, 0.25) is 0 Å². The van der Waals surface area contributed by atoms with Gasteiger partial charge >= 0.3 is 6.09 Å². The number of carbonyl (C=O) groups is 2. The van der Waals surface area contributed by atoms with Crippen molar-refractivity contribution >= 4 is 23.6 Å². The zero-order valence-corrected chi connectivity index (χ0v) is 15.9. The molecular weight excluding hydrogens is 348 g/mol. The molecule has 25 heavy (non-hydrogen) atoms. The van der Waals surface area contributed by atoms with E-state index >= 15 is 0 Å². The Bertz CT molecular complexity index is 332. The van der Waals surface area contributed by atoms with E-state index in [9.17, 15) is 9.59 Å². The van der Waals surface area contributed by atoms with E-state index in [0.717, 1.165) is 51.0 Å². The van der Waals surface area contributed by atoms with Gasteiger partial charge in [-0.2, -0.15) is 0 Å². The Labute approximate surface area is 155 Å². The predicted molar refractivity (Wildman–Crippen MR) is 97.8 cm³/mol. The van der Waals surface area contributed by atoms with Crippen LogP contribution in [-0.2, 0) is 19.0 Å². The summed E-state index contributed by atoms with van der Waals surface area (Å²) in [4.78, 5) is 21.9. The molecule has 0 unspecified atom stereocenters. The summed E-state index contributed by atoms with van der Waals surface area (Å²) in [6.07, 6.45) is 6.43. The maximum absolute atomic E-state index is 11.6. The molecule has 0 fully saturated rings. The van der Waals surface area contributed by atoms with Crippen molar-refractivity contribution in [3.8, 4) is 0 Å². The molecule has 148 valence electrons. The van der Waals surface area contributed by atoms with E-state index in [1.54, 1.807) is 0 Å². The van der Waals surface area contributed by atoms with Crippen molar-refractivity contribution in [2.24, 2.45) is 5.73 Å². The van der Waals surface area contributed by atoms with Gasteiger partial charge in [0.25, 0.3) is 0 Å². The van der Waals surface area contributed by atoms with Crippen LogP contribution >= 0.6 is 11.6 Å². The van der Waals surface area contributed by atoms with Crippen LogP contribution in [0.25, 0.3) is 0 Å². The molecule has 0 aliphatic carbocycles. The highest BCUT2D eigenvalue weighted by Crippen LogP contribution is 2.01. The average Bonchev–Trinajstić information content (AvgIpc) is 2.58. The summed E-state index contributed by atoms with van der Waals surface area (Å²) < 4.78 is 15.5. The highest BCUT2D eigenvalue weighted by molar-refractivity contribution is 6.17. The van der Waals surface area contributed by atoms with Crippen molar-refractivity contribution in [1.82, 2.24) is 5.32 Å². The van der Waals surface area contributed by atoms with Crippen LogP contribution in [0.5, 0.6) is 0 Å². The first kappa shape index (κ1) is 23.9. The first-order valence-corrected chi connectivity index (χ1v) is 9.60. The van der Waals surface area contributed by atoms with E-state index in [4.69, 9.17) is 26.8 Å². The summed E-state index contributed by atoms with van der Waals surface area (Å²) in [6, 6.07) is 0. The van der Waals surface area contributed by atoms with Crippen molar-refractivity contribution in [3.05, 3.63) is 0 Å². The van der Waals surface area contributed by atoms with Gasteiger partial charge in [0.05, 0.1) is 26.4 Å². The molecular formula is C17H33ClN2O5. The number of halogens is 1. The monoisotopic (exact) mass is 380 g/mol. The lowest BCUT2D eigenvalue weighted by atomic mass is 10.2. The van der Waals surface area contributed by atoms with E-state index in [1.807, 2.05) is 0 Å². The van der Waals surface area contributed by atoms with Crippen molar-refractivity contribution < 1.29 is 23.8 Å². The van der Waals surface area contributed by atoms with Crippen molar-refractivity contribution in [2.45, 2.75) is 51.4 Å². The zero-order chi connectivity index (χ0) is 18.6. The number of carbonyl (C=O) groups excluding carboxylic acids is 2. The molecule has 0 heterocycles. The van der Waals surface area contributed by atoms with Crippen LogP contribution in [0.4, 0.5) is 4.79 Å². The fraction of sp³-hybridized carbons (Fsp3) is 0.882. The first-order valence-electron chi connectivity index (χ1n) is 9.07. The lowest BCUT2D eigenvalue weighted by Crippen LogP contribution is -2.27.